The van der Waals surface area contributed by atoms with Gasteiger partial charge in [-0.2, -0.15) is 0 Å². The third kappa shape index (κ3) is 5.29. The minimum absolute atomic E-state index is 0.0707. The first kappa shape index (κ1) is 23.9. The van der Waals surface area contributed by atoms with Crippen LogP contribution in [-0.4, -0.2) is 19.5 Å². The van der Waals surface area contributed by atoms with Gasteiger partial charge in [-0.05, 0) is 70.8 Å². The van der Waals surface area contributed by atoms with Crippen LogP contribution >= 0.6 is 0 Å². The fraction of sp³-hybridized carbons (Fsp3) is 0. The monoisotopic (exact) mass is 725 g/mol. The predicted octanol–water partition coefficient (Wildman–Crippen LogP) is 13.2. The number of rotatable bonds is 6. The van der Waals surface area contributed by atoms with Gasteiger partial charge in [0, 0.05) is 43.9 Å². The van der Waals surface area contributed by atoms with E-state index in [2.05, 4.69) is 12.1 Å². The Morgan fingerprint density at radius 2 is 1.00 bits per heavy atom. The van der Waals surface area contributed by atoms with Crippen molar-refractivity contribution in [2.75, 3.05) is 0 Å². The third-order valence-corrected chi connectivity index (χ3v) is 10.1. The molecule has 0 unspecified atom stereocenters. The van der Waals surface area contributed by atoms with E-state index in [1.165, 1.54) is 0 Å². The van der Waals surface area contributed by atoms with Gasteiger partial charge < -0.3 is 8.98 Å². The fourth-order valence-corrected chi connectivity index (χ4v) is 7.54. The van der Waals surface area contributed by atoms with Crippen LogP contribution in [0, 0.1) is 0 Å². The molecule has 3 aromatic heterocycles. The first-order valence-corrected chi connectivity index (χ1v) is 18.0. The molecule has 0 bridgehead atoms. The van der Waals surface area contributed by atoms with Crippen LogP contribution in [0.25, 0.3) is 106 Å². The van der Waals surface area contributed by atoms with Gasteiger partial charge >= 0.3 is 0 Å². The highest BCUT2D eigenvalue weighted by Crippen LogP contribution is 2.40. The molecule has 0 spiro atoms. The zero-order valence-corrected chi connectivity index (χ0v) is 29.5. The maximum absolute atomic E-state index is 9.15. The number of benzene rings is 8. The molecule has 11 aromatic rings. The van der Waals surface area contributed by atoms with Crippen LogP contribution in [0.2, 0.25) is 0 Å². The van der Waals surface area contributed by atoms with Crippen molar-refractivity contribution in [1.29, 1.82) is 0 Å². The average Bonchev–Trinajstić information content (AvgIpc) is 3.91. The molecule has 0 radical (unpaired) electrons. The van der Waals surface area contributed by atoms with E-state index in [1.54, 1.807) is 22.8 Å². The van der Waals surface area contributed by atoms with Crippen molar-refractivity contribution in [2.45, 2.75) is 0 Å². The van der Waals surface area contributed by atoms with E-state index in [4.69, 9.17) is 31.7 Å². The van der Waals surface area contributed by atoms with Gasteiger partial charge in [0.05, 0.1) is 23.4 Å². The Kier molecular flexibility index (Phi) is 5.57. The van der Waals surface area contributed by atoms with Crippen LogP contribution in [0.4, 0.5) is 0 Å². The summed E-state index contributed by atoms with van der Waals surface area (Å²) in [5, 5.41) is 2.28. The maximum atomic E-state index is 9.15. The minimum atomic E-state index is -0.536. The van der Waals surface area contributed by atoms with Crippen molar-refractivity contribution >= 4 is 43.7 Å². The first-order valence-electron chi connectivity index (χ1n) is 22.5. The van der Waals surface area contributed by atoms with Gasteiger partial charge in [0.1, 0.15) is 11.2 Å². The Morgan fingerprint density at radius 3 is 1.80 bits per heavy atom. The number of para-hydroxylation sites is 2. The molecular formula is C51H32N4O. The van der Waals surface area contributed by atoms with Crippen LogP contribution in [-0.2, 0) is 0 Å². The van der Waals surface area contributed by atoms with Gasteiger partial charge in [-0.3, -0.25) is 0 Å². The number of hydrogen-bond donors (Lipinski definition) is 0. The second kappa shape index (κ2) is 13.0. The Bertz CT molecular complexity index is 3730. The van der Waals surface area contributed by atoms with E-state index in [9.17, 15) is 0 Å². The molecule has 0 saturated heterocycles. The summed E-state index contributed by atoms with van der Waals surface area (Å²) in [5.41, 5.74) is 7.09. The van der Waals surface area contributed by atoms with E-state index in [0.717, 1.165) is 38.6 Å². The third-order valence-electron chi connectivity index (χ3n) is 10.1. The second-order valence-corrected chi connectivity index (χ2v) is 13.3. The Morgan fingerprint density at radius 1 is 0.393 bits per heavy atom. The molecule has 5 nitrogen and oxygen atoms in total. The fourth-order valence-electron chi connectivity index (χ4n) is 7.54. The number of nitrogens with zero attached hydrogens (tertiary/aromatic N) is 4. The maximum Gasteiger partial charge on any atom is 0.164 e. The topological polar surface area (TPSA) is 56.7 Å². The zero-order valence-electron chi connectivity index (χ0n) is 38.5. The van der Waals surface area contributed by atoms with E-state index < -0.39 is 42.3 Å². The summed E-state index contributed by atoms with van der Waals surface area (Å²) in [4.78, 5) is 15.2. The summed E-state index contributed by atoms with van der Waals surface area (Å²) in [7, 11) is 0. The SMILES string of the molecule is [2H]c1c([2H])c([2H])c(-c2cccc3c2c2c([2H])c([2H])c([2H])c([2H])c2n3-c2ccc(-c3nc(-c4ccc(-c5ccccc5)cc4)nc(-c4cccc5oc6ccccc6c45)n3)cc2)c([2H])c1[2H]. The van der Waals surface area contributed by atoms with Crippen LogP contribution in [0.15, 0.2) is 198 Å². The van der Waals surface area contributed by atoms with Crippen molar-refractivity contribution in [1.82, 2.24) is 19.5 Å². The van der Waals surface area contributed by atoms with E-state index in [0.29, 0.717) is 45.2 Å². The minimum Gasteiger partial charge on any atom is -0.456 e. The van der Waals surface area contributed by atoms with Crippen molar-refractivity contribution < 1.29 is 16.8 Å². The van der Waals surface area contributed by atoms with Gasteiger partial charge in [0.15, 0.2) is 17.5 Å². The molecule has 0 aliphatic carbocycles. The number of fused-ring (bicyclic) bond motifs is 6. The normalized spacial score (nSPS) is 13.8. The van der Waals surface area contributed by atoms with Crippen molar-refractivity contribution in [3.63, 3.8) is 0 Å². The van der Waals surface area contributed by atoms with E-state index in [-0.39, 0.29) is 34.1 Å². The van der Waals surface area contributed by atoms with Crippen LogP contribution in [0.1, 0.15) is 12.3 Å². The molecule has 0 atom stereocenters. The molecule has 262 valence electrons. The lowest BCUT2D eigenvalue weighted by Gasteiger charge is -2.12. The Balaban J connectivity index is 1.11. The summed E-state index contributed by atoms with van der Waals surface area (Å²) >= 11 is 0. The van der Waals surface area contributed by atoms with Crippen LogP contribution in [0.5, 0.6) is 0 Å². The van der Waals surface area contributed by atoms with Crippen molar-refractivity contribution in [3.05, 3.63) is 194 Å². The number of hydrogen-bond acceptors (Lipinski definition) is 4. The van der Waals surface area contributed by atoms with Crippen LogP contribution in [0.3, 0.4) is 0 Å². The highest BCUT2D eigenvalue weighted by molar-refractivity contribution is 6.16. The second-order valence-electron chi connectivity index (χ2n) is 13.3. The van der Waals surface area contributed by atoms with Crippen molar-refractivity contribution in [3.8, 4) is 62.1 Å². The lowest BCUT2D eigenvalue weighted by Crippen LogP contribution is -2.01. The molecule has 11 rings (SSSR count). The summed E-state index contributed by atoms with van der Waals surface area (Å²) < 4.78 is 86.1. The quantitative estimate of drug-likeness (QED) is 0.171. The first-order chi connectivity index (χ1) is 31.5. The van der Waals surface area contributed by atoms with Gasteiger partial charge in [-0.25, -0.2) is 15.0 Å². The molecule has 0 N–H and O–H groups in total. The standard InChI is InChI=1S/C51H32N4O/c1-3-13-33(14-4-1)34-25-27-36(28-26-34)49-52-50(54-51(53-49)42-20-12-24-46-48(42)41-18-8-10-23-45(41)56-46)37-29-31-38(32-30-37)55-43-21-9-7-17-40(43)47-39(19-11-22-44(47)55)35-15-5-2-6-16-35/h1-32H/i2D,5D,6D,7D,9D,15D,16D,17D,21D. The van der Waals surface area contributed by atoms with Gasteiger partial charge in [-0.1, -0.05) is 145 Å². The molecule has 0 aliphatic rings. The van der Waals surface area contributed by atoms with Gasteiger partial charge in [-0.15, -0.1) is 0 Å². The highest BCUT2D eigenvalue weighted by Gasteiger charge is 2.19. The molecule has 0 saturated carbocycles. The molecular weight excluding hydrogens is 685 g/mol. The molecule has 3 heterocycles. The van der Waals surface area contributed by atoms with Gasteiger partial charge in [0.2, 0.25) is 0 Å². The zero-order chi connectivity index (χ0) is 44.8. The number of furan rings is 1. The average molecular weight is 726 g/mol. The Hall–Kier alpha value is -7.63. The summed E-state index contributed by atoms with van der Waals surface area (Å²) in [6.07, 6.45) is 0. The lowest BCUT2D eigenvalue weighted by molar-refractivity contribution is 0.669. The summed E-state index contributed by atoms with van der Waals surface area (Å²) in [6, 6.07) is 40.3. The lowest BCUT2D eigenvalue weighted by atomic mass is 9.99. The van der Waals surface area contributed by atoms with Crippen LogP contribution < -0.4 is 0 Å². The van der Waals surface area contributed by atoms with Crippen molar-refractivity contribution in [2.24, 2.45) is 0 Å². The molecule has 0 amide bonds. The van der Waals surface area contributed by atoms with Gasteiger partial charge in [0.25, 0.3) is 0 Å². The molecule has 0 fully saturated rings. The predicted molar refractivity (Wildman–Crippen MR) is 229 cm³/mol. The molecule has 56 heavy (non-hydrogen) atoms. The molecule has 5 heteroatoms. The number of aromatic nitrogens is 4. The highest BCUT2D eigenvalue weighted by atomic mass is 16.3. The summed E-state index contributed by atoms with van der Waals surface area (Å²) in [6.45, 7) is 0. The Labute approximate surface area is 335 Å². The largest absolute Gasteiger partial charge is 0.456 e. The molecule has 8 aromatic carbocycles. The smallest absolute Gasteiger partial charge is 0.164 e. The van der Waals surface area contributed by atoms with E-state index in [1.807, 2.05) is 109 Å². The summed E-state index contributed by atoms with van der Waals surface area (Å²) in [5.74, 6) is 1.29. The molecule has 0 aliphatic heterocycles. The van der Waals surface area contributed by atoms with E-state index >= 15 is 0 Å².